The summed E-state index contributed by atoms with van der Waals surface area (Å²) in [6.07, 6.45) is 5.21. The highest BCUT2D eigenvalue weighted by molar-refractivity contribution is 5.38. The molecule has 4 heteroatoms. The molecule has 3 rings (SSSR count). The molecule has 2 aliphatic rings. The Hall–Kier alpha value is -1.36. The van der Waals surface area contributed by atoms with Gasteiger partial charge in [0.15, 0.2) is 0 Å². The summed E-state index contributed by atoms with van der Waals surface area (Å²) in [5.41, 5.74) is 2.64. The van der Waals surface area contributed by atoms with E-state index in [1.165, 1.54) is 11.1 Å². The number of piperidine rings is 1. The molecule has 0 radical (unpaired) electrons. The van der Waals surface area contributed by atoms with Crippen LogP contribution in [-0.4, -0.2) is 49.4 Å². The van der Waals surface area contributed by atoms with Gasteiger partial charge in [0.1, 0.15) is 5.75 Å². The van der Waals surface area contributed by atoms with Gasteiger partial charge in [-0.05, 0) is 63.4 Å². The fourth-order valence-electron chi connectivity index (χ4n) is 3.92. The summed E-state index contributed by atoms with van der Waals surface area (Å²) in [5, 5.41) is 3.44. The first-order valence-corrected chi connectivity index (χ1v) is 9.57. The molecular weight excluding hydrogens is 312 g/mol. The van der Waals surface area contributed by atoms with E-state index >= 15 is 0 Å². The van der Waals surface area contributed by atoms with Gasteiger partial charge >= 0.3 is 0 Å². The van der Waals surface area contributed by atoms with Crippen LogP contribution in [0.25, 0.3) is 0 Å². The van der Waals surface area contributed by atoms with Crippen molar-refractivity contribution < 1.29 is 9.47 Å². The van der Waals surface area contributed by atoms with E-state index in [2.05, 4.69) is 48.8 Å². The third-order valence-electron chi connectivity index (χ3n) is 5.10. The second-order valence-electron chi connectivity index (χ2n) is 7.59. The molecule has 0 aromatic heterocycles. The molecule has 2 fully saturated rings. The minimum absolute atomic E-state index is 0.0636. The van der Waals surface area contributed by atoms with Gasteiger partial charge in [0.25, 0.3) is 0 Å². The fraction of sp³-hybridized carbons (Fsp3) is 0.619. The molecule has 2 saturated heterocycles. The molecule has 1 aromatic rings. The quantitative estimate of drug-likeness (QED) is 0.804. The molecule has 0 aliphatic carbocycles. The van der Waals surface area contributed by atoms with Gasteiger partial charge in [0.2, 0.25) is 0 Å². The molecule has 0 unspecified atom stereocenters. The zero-order valence-electron chi connectivity index (χ0n) is 15.7. The number of morpholine rings is 1. The van der Waals surface area contributed by atoms with E-state index in [0.29, 0.717) is 0 Å². The van der Waals surface area contributed by atoms with Crippen molar-refractivity contribution in [2.75, 3.05) is 32.8 Å². The van der Waals surface area contributed by atoms with Crippen LogP contribution in [0.1, 0.15) is 37.8 Å². The van der Waals surface area contributed by atoms with Crippen LogP contribution in [0.15, 0.2) is 30.9 Å². The van der Waals surface area contributed by atoms with Crippen LogP contribution < -0.4 is 10.1 Å². The Bertz CT molecular complexity index is 574. The molecule has 2 aliphatic heterocycles. The minimum Gasteiger partial charge on any atom is -0.491 e. The van der Waals surface area contributed by atoms with Gasteiger partial charge in [-0.3, -0.25) is 4.90 Å². The Morgan fingerprint density at radius 1 is 1.36 bits per heavy atom. The maximum atomic E-state index is 6.18. The lowest BCUT2D eigenvalue weighted by atomic mass is 9.90. The van der Waals surface area contributed by atoms with Crippen molar-refractivity contribution in [1.82, 2.24) is 10.2 Å². The molecule has 0 bridgehead atoms. The first-order valence-electron chi connectivity index (χ1n) is 9.57. The van der Waals surface area contributed by atoms with Crippen LogP contribution in [0.5, 0.6) is 5.75 Å². The van der Waals surface area contributed by atoms with Crippen molar-refractivity contribution >= 4 is 0 Å². The van der Waals surface area contributed by atoms with Crippen molar-refractivity contribution in [1.29, 1.82) is 0 Å². The van der Waals surface area contributed by atoms with E-state index in [1.54, 1.807) is 0 Å². The summed E-state index contributed by atoms with van der Waals surface area (Å²) < 4.78 is 12.1. The van der Waals surface area contributed by atoms with Crippen LogP contribution in [0.2, 0.25) is 0 Å². The average Bonchev–Trinajstić information content (AvgIpc) is 2.58. The lowest BCUT2D eigenvalue weighted by molar-refractivity contribution is -0.125. The van der Waals surface area contributed by atoms with Gasteiger partial charge in [0.05, 0.1) is 18.3 Å². The third kappa shape index (κ3) is 4.84. The van der Waals surface area contributed by atoms with Crippen molar-refractivity contribution in [3.05, 3.63) is 42.0 Å². The number of hydrogen-bond donors (Lipinski definition) is 1. The monoisotopic (exact) mass is 344 g/mol. The molecule has 0 atom stereocenters. The van der Waals surface area contributed by atoms with E-state index < -0.39 is 0 Å². The van der Waals surface area contributed by atoms with Crippen LogP contribution in [0.4, 0.5) is 0 Å². The zero-order valence-corrected chi connectivity index (χ0v) is 15.7. The fourth-order valence-corrected chi connectivity index (χ4v) is 3.92. The Kier molecular flexibility index (Phi) is 6.15. The number of ether oxygens (including phenoxy) is 2. The van der Waals surface area contributed by atoms with Gasteiger partial charge in [-0.15, -0.1) is 6.58 Å². The van der Waals surface area contributed by atoms with E-state index in [-0.39, 0.29) is 11.7 Å². The Morgan fingerprint density at radius 3 is 2.88 bits per heavy atom. The number of nitrogens with one attached hydrogen (secondary N) is 1. The maximum absolute atomic E-state index is 6.18. The summed E-state index contributed by atoms with van der Waals surface area (Å²) in [6.45, 7) is 14.0. The van der Waals surface area contributed by atoms with Crippen LogP contribution in [0.3, 0.4) is 0 Å². The average molecular weight is 344 g/mol. The van der Waals surface area contributed by atoms with Gasteiger partial charge in [-0.2, -0.15) is 0 Å². The molecule has 1 N–H and O–H groups in total. The van der Waals surface area contributed by atoms with Crippen LogP contribution >= 0.6 is 0 Å². The van der Waals surface area contributed by atoms with Gasteiger partial charge < -0.3 is 14.8 Å². The topological polar surface area (TPSA) is 33.7 Å². The van der Waals surface area contributed by atoms with E-state index in [4.69, 9.17) is 9.47 Å². The second kappa shape index (κ2) is 8.35. The predicted octanol–water partition coefficient (Wildman–Crippen LogP) is 3.16. The normalized spacial score (nSPS) is 20.8. The molecule has 2 heterocycles. The number of nitrogens with zero attached hydrogens (tertiary/aromatic N) is 1. The molecule has 25 heavy (non-hydrogen) atoms. The second-order valence-corrected chi connectivity index (χ2v) is 7.59. The van der Waals surface area contributed by atoms with Crippen molar-refractivity contribution in [3.8, 4) is 5.75 Å². The molecule has 1 spiro atoms. The Labute approximate surface area is 152 Å². The van der Waals surface area contributed by atoms with Gasteiger partial charge in [-0.1, -0.05) is 18.2 Å². The third-order valence-corrected chi connectivity index (χ3v) is 5.10. The molecule has 138 valence electrons. The van der Waals surface area contributed by atoms with Crippen molar-refractivity contribution in [3.63, 3.8) is 0 Å². The molecule has 0 amide bonds. The SMILES string of the molecule is C=CCc1cc(CN2CCOC3(CCNCC3)C2)ccc1OC(C)C. The molecule has 1 aromatic carbocycles. The van der Waals surface area contributed by atoms with Gasteiger partial charge in [0, 0.05) is 19.6 Å². The smallest absolute Gasteiger partial charge is 0.123 e. The summed E-state index contributed by atoms with van der Waals surface area (Å²) in [4.78, 5) is 2.55. The number of allylic oxidation sites excluding steroid dienone is 1. The molecular formula is C21H32N2O2. The summed E-state index contributed by atoms with van der Waals surface area (Å²) in [6, 6.07) is 6.60. The molecule has 0 saturated carbocycles. The Morgan fingerprint density at radius 2 is 2.16 bits per heavy atom. The first-order chi connectivity index (χ1) is 12.1. The standard InChI is InChI=1S/C21H32N2O2/c1-4-5-19-14-18(6-7-20(19)25-17(2)3)15-23-12-13-24-21(16-23)8-10-22-11-9-21/h4,6-7,14,17,22H,1,5,8-13,15-16H2,2-3H3. The summed E-state index contributed by atoms with van der Waals surface area (Å²) >= 11 is 0. The number of hydrogen-bond acceptors (Lipinski definition) is 4. The largest absolute Gasteiger partial charge is 0.491 e. The predicted molar refractivity (Wildman–Crippen MR) is 102 cm³/mol. The highest BCUT2D eigenvalue weighted by Gasteiger charge is 2.37. The number of rotatable bonds is 6. The minimum atomic E-state index is 0.0636. The zero-order chi connectivity index (χ0) is 17.7. The lowest BCUT2D eigenvalue weighted by Gasteiger charge is -2.45. The van der Waals surface area contributed by atoms with Crippen molar-refractivity contribution in [2.24, 2.45) is 0 Å². The van der Waals surface area contributed by atoms with E-state index in [0.717, 1.165) is 64.3 Å². The van der Waals surface area contributed by atoms with E-state index in [9.17, 15) is 0 Å². The van der Waals surface area contributed by atoms with E-state index in [1.807, 2.05) is 6.08 Å². The summed E-state index contributed by atoms with van der Waals surface area (Å²) in [5.74, 6) is 0.982. The highest BCUT2D eigenvalue weighted by atomic mass is 16.5. The molecule has 4 nitrogen and oxygen atoms in total. The van der Waals surface area contributed by atoms with Gasteiger partial charge in [-0.25, -0.2) is 0 Å². The van der Waals surface area contributed by atoms with Crippen LogP contribution in [0, 0.1) is 0 Å². The van der Waals surface area contributed by atoms with Crippen molar-refractivity contribution in [2.45, 2.75) is 51.4 Å². The highest BCUT2D eigenvalue weighted by Crippen LogP contribution is 2.29. The maximum Gasteiger partial charge on any atom is 0.123 e. The number of benzene rings is 1. The first kappa shape index (κ1) is 18.4. The van der Waals surface area contributed by atoms with Crippen LogP contribution in [-0.2, 0) is 17.7 Å². The summed E-state index contributed by atoms with van der Waals surface area (Å²) in [7, 11) is 0. The lowest BCUT2D eigenvalue weighted by Crippen LogP contribution is -2.55. The Balaban J connectivity index is 1.69.